The highest BCUT2D eigenvalue weighted by Gasteiger charge is 2.09. The van der Waals surface area contributed by atoms with Crippen molar-refractivity contribution in [2.24, 2.45) is 5.10 Å². The zero-order valence-electron chi connectivity index (χ0n) is 16.5. The summed E-state index contributed by atoms with van der Waals surface area (Å²) in [5, 5.41) is 13.6. The highest BCUT2D eigenvalue weighted by Crippen LogP contribution is 2.23. The van der Waals surface area contributed by atoms with Crippen LogP contribution in [0.3, 0.4) is 0 Å². The molecule has 0 bridgehead atoms. The van der Waals surface area contributed by atoms with E-state index in [0.717, 1.165) is 9.15 Å². The Morgan fingerprint density at radius 2 is 1.91 bits per heavy atom. The van der Waals surface area contributed by atoms with E-state index in [1.54, 1.807) is 54.6 Å². The number of carboxylic acid groups (broad SMARTS) is 1. The van der Waals surface area contributed by atoms with Crippen LogP contribution in [0.25, 0.3) is 10.9 Å². The number of carboxylic acids is 1. The maximum atomic E-state index is 12.7. The Labute approximate surface area is 189 Å². The molecule has 9 heteroatoms. The Bertz CT molecular complexity index is 1470. The molecule has 0 aliphatic heterocycles. The minimum absolute atomic E-state index is 0.125. The third kappa shape index (κ3) is 4.52. The average Bonchev–Trinajstić information content (AvgIpc) is 2.78. The molecule has 0 atom stereocenters. The summed E-state index contributed by atoms with van der Waals surface area (Å²) < 4.78 is 7.36. The van der Waals surface area contributed by atoms with Crippen molar-refractivity contribution in [3.05, 3.63) is 109 Å². The molecular weight excluding hydrogens is 478 g/mol. The Kier molecular flexibility index (Phi) is 6.00. The van der Waals surface area contributed by atoms with Gasteiger partial charge in [-0.25, -0.2) is 9.59 Å². The fourth-order valence-corrected chi connectivity index (χ4v) is 3.46. The van der Waals surface area contributed by atoms with Crippen LogP contribution < -0.4 is 16.0 Å². The number of rotatable bonds is 6. The van der Waals surface area contributed by atoms with E-state index in [2.05, 4.69) is 26.0 Å². The molecule has 1 aromatic heterocycles. The van der Waals surface area contributed by atoms with Crippen LogP contribution in [0.2, 0.25) is 0 Å². The lowest BCUT2D eigenvalue weighted by Crippen LogP contribution is -2.32. The Morgan fingerprint density at radius 3 is 2.72 bits per heavy atom. The standard InChI is InChI=1S/C23H16BrN3O5/c24-17-8-9-20(32-13-14-4-3-5-15(10-14)22(29)30)16(11-17)12-25-27-21(28)18-6-1-2-7-19(18)26-23(27)31/h1-12H,13H2,(H,26,31)(H,29,30). The summed E-state index contributed by atoms with van der Waals surface area (Å²) in [5.74, 6) is -0.572. The summed E-state index contributed by atoms with van der Waals surface area (Å²) in [6.07, 6.45) is 1.36. The van der Waals surface area contributed by atoms with Crippen LogP contribution in [0.4, 0.5) is 0 Å². The molecule has 0 saturated carbocycles. The normalized spacial score (nSPS) is 11.2. The van der Waals surface area contributed by atoms with Gasteiger partial charge in [0.1, 0.15) is 12.4 Å². The zero-order chi connectivity index (χ0) is 22.7. The lowest BCUT2D eigenvalue weighted by Gasteiger charge is -2.10. The SMILES string of the molecule is O=C(O)c1cccc(COc2ccc(Br)cc2C=Nn2c(=O)[nH]c3ccccc3c2=O)c1. The molecule has 0 radical (unpaired) electrons. The Hall–Kier alpha value is -3.98. The van der Waals surface area contributed by atoms with Gasteiger partial charge >= 0.3 is 11.7 Å². The number of aromatic nitrogens is 2. The maximum absolute atomic E-state index is 12.7. The number of carbonyl (C=O) groups is 1. The second-order valence-electron chi connectivity index (χ2n) is 6.81. The minimum atomic E-state index is -1.02. The number of aromatic carboxylic acids is 1. The lowest BCUT2D eigenvalue weighted by molar-refractivity contribution is 0.0696. The smallest absolute Gasteiger partial charge is 0.349 e. The zero-order valence-corrected chi connectivity index (χ0v) is 18.1. The molecule has 0 amide bonds. The van der Waals surface area contributed by atoms with Gasteiger partial charge in [0.2, 0.25) is 0 Å². The van der Waals surface area contributed by atoms with Crippen molar-refractivity contribution in [1.29, 1.82) is 0 Å². The topological polar surface area (TPSA) is 114 Å². The summed E-state index contributed by atoms with van der Waals surface area (Å²) in [7, 11) is 0. The Morgan fingerprint density at radius 1 is 1.09 bits per heavy atom. The number of hydrogen-bond acceptors (Lipinski definition) is 5. The van der Waals surface area contributed by atoms with E-state index >= 15 is 0 Å². The fraction of sp³-hybridized carbons (Fsp3) is 0.0435. The summed E-state index contributed by atoms with van der Waals surface area (Å²) >= 11 is 3.39. The number of benzene rings is 3. The molecular formula is C23H16BrN3O5. The fourth-order valence-electron chi connectivity index (χ4n) is 3.08. The minimum Gasteiger partial charge on any atom is -0.488 e. The lowest BCUT2D eigenvalue weighted by atomic mass is 10.1. The molecule has 32 heavy (non-hydrogen) atoms. The number of nitrogens with zero attached hydrogens (tertiary/aromatic N) is 2. The van der Waals surface area contributed by atoms with Gasteiger partial charge in [0, 0.05) is 10.0 Å². The van der Waals surface area contributed by atoms with E-state index in [-0.39, 0.29) is 12.2 Å². The Balaban J connectivity index is 1.65. The highest BCUT2D eigenvalue weighted by molar-refractivity contribution is 9.10. The van der Waals surface area contributed by atoms with Gasteiger partial charge in [0.15, 0.2) is 0 Å². The van der Waals surface area contributed by atoms with E-state index in [1.807, 2.05) is 0 Å². The quantitative estimate of drug-likeness (QED) is 0.398. The summed E-state index contributed by atoms with van der Waals surface area (Å²) in [6.45, 7) is 0.125. The van der Waals surface area contributed by atoms with Crippen LogP contribution in [0.15, 0.2) is 85.9 Å². The van der Waals surface area contributed by atoms with Crippen LogP contribution in [-0.2, 0) is 6.61 Å². The molecule has 160 valence electrons. The third-order valence-corrected chi connectivity index (χ3v) is 5.13. The largest absolute Gasteiger partial charge is 0.488 e. The van der Waals surface area contributed by atoms with Crippen molar-refractivity contribution in [3.63, 3.8) is 0 Å². The van der Waals surface area contributed by atoms with Crippen molar-refractivity contribution in [2.75, 3.05) is 0 Å². The van der Waals surface area contributed by atoms with Gasteiger partial charge in [-0.1, -0.05) is 40.2 Å². The van der Waals surface area contributed by atoms with Crippen LogP contribution in [-0.4, -0.2) is 27.0 Å². The number of para-hydroxylation sites is 1. The first-order chi connectivity index (χ1) is 15.4. The molecule has 8 nitrogen and oxygen atoms in total. The summed E-state index contributed by atoms with van der Waals surface area (Å²) in [6, 6.07) is 18.3. The van der Waals surface area contributed by atoms with E-state index in [1.165, 1.54) is 18.3 Å². The van der Waals surface area contributed by atoms with Gasteiger partial charge in [0.05, 0.1) is 22.7 Å². The van der Waals surface area contributed by atoms with E-state index in [9.17, 15) is 14.4 Å². The number of H-pyrrole nitrogens is 1. The van der Waals surface area contributed by atoms with Gasteiger partial charge in [-0.2, -0.15) is 5.10 Å². The van der Waals surface area contributed by atoms with Crippen LogP contribution in [0.5, 0.6) is 5.75 Å². The van der Waals surface area contributed by atoms with Crippen LogP contribution >= 0.6 is 15.9 Å². The molecule has 4 aromatic rings. The average molecular weight is 494 g/mol. The van der Waals surface area contributed by atoms with E-state index < -0.39 is 17.2 Å². The van der Waals surface area contributed by atoms with Gasteiger partial charge in [-0.15, -0.1) is 4.68 Å². The molecule has 0 fully saturated rings. The first-order valence-corrected chi connectivity index (χ1v) is 10.2. The molecule has 0 saturated heterocycles. The third-order valence-electron chi connectivity index (χ3n) is 4.64. The molecule has 1 heterocycles. The summed E-state index contributed by atoms with van der Waals surface area (Å²) in [4.78, 5) is 38.8. The van der Waals surface area contributed by atoms with Crippen molar-refractivity contribution >= 4 is 39.0 Å². The molecule has 2 N–H and O–H groups in total. The number of fused-ring (bicyclic) bond motifs is 1. The van der Waals surface area contributed by atoms with Gasteiger partial charge < -0.3 is 14.8 Å². The molecule has 0 aliphatic carbocycles. The van der Waals surface area contributed by atoms with E-state index in [4.69, 9.17) is 9.84 Å². The number of halogens is 1. The van der Waals surface area contributed by atoms with Crippen molar-refractivity contribution < 1.29 is 14.6 Å². The highest BCUT2D eigenvalue weighted by atomic mass is 79.9. The first-order valence-electron chi connectivity index (χ1n) is 9.45. The second-order valence-corrected chi connectivity index (χ2v) is 7.73. The van der Waals surface area contributed by atoms with Crippen LogP contribution in [0.1, 0.15) is 21.5 Å². The van der Waals surface area contributed by atoms with Crippen molar-refractivity contribution in [3.8, 4) is 5.75 Å². The summed E-state index contributed by atoms with van der Waals surface area (Å²) in [5.41, 5.74) is 0.602. The number of aromatic amines is 1. The van der Waals surface area contributed by atoms with Crippen molar-refractivity contribution in [2.45, 2.75) is 6.61 Å². The van der Waals surface area contributed by atoms with Crippen molar-refractivity contribution in [1.82, 2.24) is 9.66 Å². The first kappa shape index (κ1) is 21.3. The predicted octanol–water partition coefficient (Wildman–Crippen LogP) is 3.61. The van der Waals surface area contributed by atoms with Gasteiger partial charge in [-0.05, 0) is 48.0 Å². The molecule has 3 aromatic carbocycles. The van der Waals surface area contributed by atoms with Crippen LogP contribution in [0, 0.1) is 0 Å². The molecule has 0 unspecified atom stereocenters. The van der Waals surface area contributed by atoms with E-state index in [0.29, 0.717) is 27.8 Å². The predicted molar refractivity (Wildman–Crippen MR) is 124 cm³/mol. The monoisotopic (exact) mass is 493 g/mol. The molecule has 0 spiro atoms. The number of hydrogen-bond donors (Lipinski definition) is 2. The number of ether oxygens (including phenoxy) is 1. The molecule has 4 rings (SSSR count). The molecule has 0 aliphatic rings. The van der Waals surface area contributed by atoms with Gasteiger partial charge in [0.25, 0.3) is 5.56 Å². The number of nitrogens with one attached hydrogen (secondary N) is 1. The second kappa shape index (κ2) is 9.03. The maximum Gasteiger partial charge on any atom is 0.349 e. The van der Waals surface area contributed by atoms with Gasteiger partial charge in [-0.3, -0.25) is 4.79 Å².